The van der Waals surface area contributed by atoms with Crippen LogP contribution in [0.4, 0.5) is 0 Å². The van der Waals surface area contributed by atoms with Crippen molar-refractivity contribution in [3.8, 4) is 5.88 Å². The summed E-state index contributed by atoms with van der Waals surface area (Å²) in [5, 5.41) is 0. The molecule has 11 heavy (non-hydrogen) atoms. The summed E-state index contributed by atoms with van der Waals surface area (Å²) < 4.78 is 5.06. The molecule has 0 amide bonds. The van der Waals surface area contributed by atoms with Crippen molar-refractivity contribution in [2.24, 2.45) is 0 Å². The van der Waals surface area contributed by atoms with Crippen LogP contribution in [0.15, 0.2) is 18.2 Å². The molecule has 0 N–H and O–H groups in total. The normalized spacial score (nSPS) is 8.00. The molecule has 4 heteroatoms. The van der Waals surface area contributed by atoms with Crippen LogP contribution in [0.3, 0.4) is 0 Å². The Kier molecular flexibility index (Phi) is 7.87. The van der Waals surface area contributed by atoms with Gasteiger partial charge in [-0.3, -0.25) is 0 Å². The van der Waals surface area contributed by atoms with Crippen molar-refractivity contribution in [2.75, 3.05) is 6.61 Å². The van der Waals surface area contributed by atoms with Gasteiger partial charge < -0.3 is 9.72 Å². The van der Waals surface area contributed by atoms with Gasteiger partial charge in [0.25, 0.3) is 0 Å². The van der Waals surface area contributed by atoms with Gasteiger partial charge in [-0.15, -0.1) is 6.07 Å². The van der Waals surface area contributed by atoms with Gasteiger partial charge in [-0.25, -0.2) is 0 Å². The summed E-state index contributed by atoms with van der Waals surface area (Å²) in [6.45, 7) is 2.58. The van der Waals surface area contributed by atoms with Crippen molar-refractivity contribution in [2.45, 2.75) is 6.92 Å². The number of hydrogen-bond donors (Lipinski definition) is 0. The summed E-state index contributed by atoms with van der Waals surface area (Å²) in [5.74, 6) is 0.639. The second-order valence-corrected chi connectivity index (χ2v) is 1.54. The van der Waals surface area contributed by atoms with Crippen LogP contribution in [0.2, 0.25) is 0 Å². The number of halogens is 1. The second kappa shape index (κ2) is 7.96. The van der Waals surface area contributed by atoms with Crippen molar-refractivity contribution < 1.29 is 22.0 Å². The number of rotatable bonds is 2. The Morgan fingerprint density at radius 2 is 2.45 bits per heavy atom. The van der Waals surface area contributed by atoms with E-state index in [2.05, 4.69) is 11.2 Å². The van der Waals surface area contributed by atoms with E-state index in [1.807, 2.05) is 13.0 Å². The molecule has 0 spiro atoms. The third kappa shape index (κ3) is 5.17. The van der Waals surface area contributed by atoms with Crippen LogP contribution in [0, 0.1) is 6.20 Å². The van der Waals surface area contributed by atoms with Crippen molar-refractivity contribution in [3.05, 3.63) is 24.4 Å². The Morgan fingerprint density at radius 1 is 1.73 bits per heavy atom. The molecule has 0 aliphatic carbocycles. The van der Waals surface area contributed by atoms with E-state index < -0.39 is 0 Å². The molecule has 1 heterocycles. The first kappa shape index (κ1) is 10.9. The molecule has 0 unspecified atom stereocenters. The van der Waals surface area contributed by atoms with E-state index in [1.165, 1.54) is 0 Å². The van der Waals surface area contributed by atoms with Crippen LogP contribution in [0.1, 0.15) is 6.92 Å². The quantitative estimate of drug-likeness (QED) is 0.564. The summed E-state index contributed by atoms with van der Waals surface area (Å²) in [5.41, 5.74) is 0. The first-order valence-electron chi connectivity index (χ1n) is 3.16. The van der Waals surface area contributed by atoms with Crippen LogP contribution >= 0.6 is 9.69 Å². The zero-order valence-electron chi connectivity index (χ0n) is 6.38. The zero-order valence-corrected chi connectivity index (χ0v) is 10.1. The Balaban J connectivity index is 0.000000461. The number of aromatic nitrogens is 1. The molecule has 0 fully saturated rings. The number of pyridine rings is 1. The number of ether oxygens (including phenoxy) is 1. The topological polar surface area (TPSA) is 22.1 Å². The zero-order chi connectivity index (χ0) is 8.53. The molecule has 0 aliphatic heterocycles. The van der Waals surface area contributed by atoms with Crippen LogP contribution in [0.25, 0.3) is 0 Å². The van der Waals surface area contributed by atoms with Crippen LogP contribution in [-0.2, 0) is 17.3 Å². The molecule has 0 atom stereocenters. The monoisotopic (exact) mass is 221 g/mol. The predicted octanol–water partition coefficient (Wildman–Crippen LogP) is 1.97. The maximum atomic E-state index is 5.06. The van der Waals surface area contributed by atoms with Gasteiger partial charge in [0.1, 0.15) is 0 Å². The first-order valence-corrected chi connectivity index (χ1v) is 7.06. The Labute approximate surface area is 80.6 Å². The van der Waals surface area contributed by atoms with Crippen LogP contribution in [-0.4, -0.2) is 11.6 Å². The van der Waals surface area contributed by atoms with Gasteiger partial charge in [-0.1, -0.05) is 6.20 Å². The molecule has 0 bridgehead atoms. The van der Waals surface area contributed by atoms with Gasteiger partial charge in [0.15, 0.2) is 0 Å². The Bertz CT molecular complexity index is 171. The Morgan fingerprint density at radius 3 is 2.91 bits per heavy atom. The van der Waals surface area contributed by atoms with Crippen molar-refractivity contribution in [1.29, 1.82) is 0 Å². The van der Waals surface area contributed by atoms with Gasteiger partial charge >= 0.3 is 27.0 Å². The van der Waals surface area contributed by atoms with E-state index in [9.17, 15) is 0 Å². The molecule has 2 nitrogen and oxygen atoms in total. The van der Waals surface area contributed by atoms with Crippen molar-refractivity contribution >= 4 is 9.69 Å². The van der Waals surface area contributed by atoms with Gasteiger partial charge in [-0.05, 0) is 6.92 Å². The van der Waals surface area contributed by atoms with Gasteiger partial charge in [0, 0.05) is 0 Å². The Hall–Kier alpha value is -0.137. The molecule has 1 rings (SSSR count). The van der Waals surface area contributed by atoms with E-state index in [1.54, 1.807) is 12.1 Å². The minimum absolute atomic E-state index is 0.639. The maximum absolute atomic E-state index is 5.06. The fraction of sp³-hybridized carbons (Fsp3) is 0.286. The molecule has 56 valence electrons. The molecule has 0 aromatic carbocycles. The molecule has 0 saturated heterocycles. The van der Waals surface area contributed by atoms with Crippen molar-refractivity contribution in [1.82, 2.24) is 4.98 Å². The van der Waals surface area contributed by atoms with Gasteiger partial charge in [0.2, 0.25) is 0 Å². The van der Waals surface area contributed by atoms with Gasteiger partial charge in [-0.2, -0.15) is 12.1 Å². The fourth-order valence-electron chi connectivity index (χ4n) is 0.540. The van der Waals surface area contributed by atoms with E-state index in [4.69, 9.17) is 14.4 Å². The summed E-state index contributed by atoms with van der Waals surface area (Å²) >= 11 is 0.847. The summed E-state index contributed by atoms with van der Waals surface area (Å²) in [4.78, 5) is 3.82. The van der Waals surface area contributed by atoms with Crippen LogP contribution in [0.5, 0.6) is 5.88 Å². The van der Waals surface area contributed by atoms with Gasteiger partial charge in [0.05, 0.1) is 12.5 Å². The second-order valence-electron chi connectivity index (χ2n) is 1.54. The molecule has 0 saturated carbocycles. The van der Waals surface area contributed by atoms with E-state index in [0.717, 1.165) is 17.3 Å². The van der Waals surface area contributed by atoms with Crippen molar-refractivity contribution in [3.63, 3.8) is 0 Å². The average Bonchev–Trinajstić information content (AvgIpc) is 2.11. The van der Waals surface area contributed by atoms with E-state index >= 15 is 0 Å². The third-order valence-corrected chi connectivity index (χ3v) is 0.877. The number of nitrogens with zero attached hydrogens (tertiary/aromatic N) is 1. The first-order chi connectivity index (χ1) is 5.43. The number of hydrogen-bond acceptors (Lipinski definition) is 2. The SMILES string of the molecule is CCOc1ccc[c-]n1.[Cl][Zn+]. The minimum atomic E-state index is 0.639. The average molecular weight is 223 g/mol. The van der Waals surface area contributed by atoms with E-state index in [-0.39, 0.29) is 0 Å². The van der Waals surface area contributed by atoms with Crippen LogP contribution < -0.4 is 4.74 Å². The summed E-state index contributed by atoms with van der Waals surface area (Å²) in [7, 11) is 4.76. The van der Waals surface area contributed by atoms with E-state index in [0.29, 0.717) is 12.5 Å². The molecular weight excluding hydrogens is 215 g/mol. The predicted molar refractivity (Wildman–Crippen MR) is 40.1 cm³/mol. The standard InChI is InChI=1S/C7H8NO.ClH.Zn/c1-2-9-7-5-3-4-6-8-7;;/h3-5H,2H2,1H3;1H;/q-1;;+2/p-1. The molecule has 0 aliphatic rings. The third-order valence-electron chi connectivity index (χ3n) is 0.877. The molecular formula is C7H8ClNOZn. The molecule has 1 aromatic heterocycles. The fourth-order valence-corrected chi connectivity index (χ4v) is 0.540. The summed E-state index contributed by atoms with van der Waals surface area (Å²) in [6.07, 6.45) is 2.67. The summed E-state index contributed by atoms with van der Waals surface area (Å²) in [6, 6.07) is 5.39. The molecule has 0 radical (unpaired) electrons. The molecule has 1 aromatic rings.